The fourth-order valence-corrected chi connectivity index (χ4v) is 9.44. The van der Waals surface area contributed by atoms with Gasteiger partial charge in [0.1, 0.15) is 54.9 Å². The molecule has 2 rings (SSSR count). The van der Waals surface area contributed by atoms with E-state index in [2.05, 4.69) is 38.2 Å². The Morgan fingerprint density at radius 3 is 1.39 bits per heavy atom. The number of carbonyl (C=O) groups excluding carboxylic acids is 1. The number of allylic oxidation sites excluding steroid dienone is 4. The van der Waals surface area contributed by atoms with Crippen LogP contribution >= 0.6 is 0 Å². The van der Waals surface area contributed by atoms with E-state index in [-0.39, 0.29) is 25.6 Å². The molecule has 0 radical (unpaired) electrons. The third-order valence-corrected chi connectivity index (χ3v) is 14.2. The number of rotatable bonds is 48. The maximum absolute atomic E-state index is 13.1. The summed E-state index contributed by atoms with van der Waals surface area (Å²) in [7, 11) is 0. The van der Waals surface area contributed by atoms with E-state index in [0.717, 1.165) is 64.2 Å². The summed E-state index contributed by atoms with van der Waals surface area (Å²) >= 11 is 0. The lowest BCUT2D eigenvalue weighted by atomic mass is 9.98. The molecule has 2 saturated heterocycles. The molecule has 0 aromatic carbocycles. The van der Waals surface area contributed by atoms with Gasteiger partial charge in [0, 0.05) is 13.0 Å². The van der Waals surface area contributed by atoms with Gasteiger partial charge in [-0.25, -0.2) is 0 Å². The minimum atomic E-state index is -1.71. The molecule has 0 aromatic rings. The van der Waals surface area contributed by atoms with Gasteiger partial charge in [0.25, 0.3) is 0 Å². The molecule has 2 aliphatic heterocycles. The lowest BCUT2D eigenvalue weighted by Crippen LogP contribution is -2.61. The second-order valence-electron chi connectivity index (χ2n) is 20.8. The largest absolute Gasteiger partial charge is 0.457 e. The average molecular weight is 1030 g/mol. The Morgan fingerprint density at radius 2 is 0.889 bits per heavy atom. The van der Waals surface area contributed by atoms with Gasteiger partial charge in [-0.3, -0.25) is 4.79 Å². The number of esters is 1. The Morgan fingerprint density at radius 1 is 0.458 bits per heavy atom. The highest BCUT2D eigenvalue weighted by Crippen LogP contribution is 2.27. The molecule has 11 atom stereocenters. The lowest BCUT2D eigenvalue weighted by Gasteiger charge is -2.42. The van der Waals surface area contributed by atoms with Crippen LogP contribution in [-0.4, -0.2) is 142 Å². The SMILES string of the molecule is CCC/C=C\C/C=C\CCCCCCCCOCC(COC1OC(COC2OC(CO)C(O)C(O)C2O)C(O)C(O)C1O)OC(=O)CCCCCCCCCCCCCCCCCCCCCCCCCC. The van der Waals surface area contributed by atoms with Crippen molar-refractivity contribution in [1.29, 1.82) is 0 Å². The van der Waals surface area contributed by atoms with Gasteiger partial charge < -0.3 is 64.2 Å². The van der Waals surface area contributed by atoms with Crippen molar-refractivity contribution in [3.05, 3.63) is 24.3 Å². The molecule has 72 heavy (non-hydrogen) atoms. The zero-order valence-corrected chi connectivity index (χ0v) is 45.4. The molecule has 0 aliphatic carbocycles. The lowest BCUT2D eigenvalue weighted by molar-refractivity contribution is -0.332. The number of carbonyl (C=O) groups is 1. The smallest absolute Gasteiger partial charge is 0.306 e. The summed E-state index contributed by atoms with van der Waals surface area (Å²) in [5.74, 6) is -0.375. The highest BCUT2D eigenvalue weighted by atomic mass is 16.7. The zero-order valence-electron chi connectivity index (χ0n) is 45.4. The van der Waals surface area contributed by atoms with E-state index >= 15 is 0 Å². The third-order valence-electron chi connectivity index (χ3n) is 14.2. The van der Waals surface area contributed by atoms with Crippen LogP contribution in [0.3, 0.4) is 0 Å². The molecule has 14 nitrogen and oxygen atoms in total. The summed E-state index contributed by atoms with van der Waals surface area (Å²) in [4.78, 5) is 13.1. The first-order valence-corrected chi connectivity index (χ1v) is 29.4. The van der Waals surface area contributed by atoms with Gasteiger partial charge in [-0.05, 0) is 38.5 Å². The summed E-state index contributed by atoms with van der Waals surface area (Å²) in [5.41, 5.74) is 0. The Bertz CT molecular complexity index is 1290. The molecule has 7 N–H and O–H groups in total. The fourth-order valence-electron chi connectivity index (χ4n) is 9.44. The van der Waals surface area contributed by atoms with E-state index in [4.69, 9.17) is 28.4 Å². The van der Waals surface area contributed by atoms with Crippen LogP contribution in [-0.2, 0) is 33.2 Å². The molecule has 14 heteroatoms. The van der Waals surface area contributed by atoms with Crippen molar-refractivity contribution in [3.8, 4) is 0 Å². The maximum Gasteiger partial charge on any atom is 0.306 e. The number of unbranched alkanes of at least 4 members (excludes halogenated alkanes) is 30. The van der Waals surface area contributed by atoms with Gasteiger partial charge in [-0.1, -0.05) is 218 Å². The maximum atomic E-state index is 13.1. The van der Waals surface area contributed by atoms with Crippen LogP contribution < -0.4 is 0 Å². The summed E-state index contributed by atoms with van der Waals surface area (Å²) < 4.78 is 34.4. The van der Waals surface area contributed by atoms with Gasteiger partial charge >= 0.3 is 5.97 Å². The van der Waals surface area contributed by atoms with Crippen LogP contribution in [0.1, 0.15) is 239 Å². The van der Waals surface area contributed by atoms with Crippen LogP contribution in [0.25, 0.3) is 0 Å². The predicted octanol–water partition coefficient (Wildman–Crippen LogP) is 10.4. The number of hydrogen-bond donors (Lipinski definition) is 7. The molecule has 2 fully saturated rings. The second-order valence-corrected chi connectivity index (χ2v) is 20.8. The van der Waals surface area contributed by atoms with E-state index in [0.29, 0.717) is 13.0 Å². The Kier molecular flexibility index (Phi) is 42.2. The van der Waals surface area contributed by atoms with Crippen LogP contribution in [0.2, 0.25) is 0 Å². The molecule has 0 saturated carbocycles. The standard InChI is InChI=1S/C58H108O14/c1-3-5-7-9-11-13-15-17-19-20-21-22-23-24-25-26-27-28-29-31-33-35-37-39-41-50(60)70-47(44-67-42-40-38-36-34-32-30-18-16-14-12-10-8-6-4-2)45-68-57-56(66)54(64)52(62)49(72-57)46-69-58-55(65)53(63)51(61)48(43-59)71-58/h8,10,14,16,47-49,51-59,61-66H,3-7,9,11-13,15,17-46H2,1-2H3/b10-8-,16-14-. The van der Waals surface area contributed by atoms with Crippen molar-refractivity contribution in [2.75, 3.05) is 33.0 Å². The Balaban J connectivity index is 1.68. The van der Waals surface area contributed by atoms with Crippen LogP contribution in [0.15, 0.2) is 24.3 Å². The molecular formula is C58H108O14. The van der Waals surface area contributed by atoms with Crippen LogP contribution in [0.5, 0.6) is 0 Å². The van der Waals surface area contributed by atoms with Crippen molar-refractivity contribution >= 4 is 5.97 Å². The number of hydrogen-bond acceptors (Lipinski definition) is 14. The monoisotopic (exact) mass is 1030 g/mol. The second kappa shape index (κ2) is 45.6. The van der Waals surface area contributed by atoms with Crippen molar-refractivity contribution in [1.82, 2.24) is 0 Å². The van der Waals surface area contributed by atoms with E-state index in [1.54, 1.807) is 0 Å². The highest BCUT2D eigenvalue weighted by molar-refractivity contribution is 5.69. The predicted molar refractivity (Wildman–Crippen MR) is 284 cm³/mol. The molecule has 0 spiro atoms. The molecule has 0 aromatic heterocycles. The van der Waals surface area contributed by atoms with E-state index in [1.165, 1.54) is 148 Å². The Hall–Kier alpha value is -1.53. The van der Waals surface area contributed by atoms with Gasteiger partial charge in [-0.15, -0.1) is 0 Å². The molecule has 11 unspecified atom stereocenters. The Labute approximate surface area is 437 Å². The molecular weight excluding hydrogens is 921 g/mol. The summed E-state index contributed by atoms with van der Waals surface area (Å²) in [5, 5.41) is 72.3. The quantitative estimate of drug-likeness (QED) is 0.0172. The van der Waals surface area contributed by atoms with E-state index in [1.807, 2.05) is 0 Å². The first-order valence-electron chi connectivity index (χ1n) is 29.4. The number of ether oxygens (including phenoxy) is 6. The van der Waals surface area contributed by atoms with Gasteiger partial charge in [0.2, 0.25) is 0 Å². The van der Waals surface area contributed by atoms with Crippen LogP contribution in [0, 0.1) is 0 Å². The first-order chi connectivity index (χ1) is 35.1. The van der Waals surface area contributed by atoms with E-state index in [9.17, 15) is 40.5 Å². The topological polar surface area (TPSA) is 214 Å². The fraction of sp³-hybridized carbons (Fsp3) is 0.914. The minimum Gasteiger partial charge on any atom is -0.457 e. The first kappa shape index (κ1) is 66.6. The highest BCUT2D eigenvalue weighted by Gasteiger charge is 2.47. The summed E-state index contributed by atoms with van der Waals surface area (Å²) in [6.45, 7) is 3.64. The van der Waals surface area contributed by atoms with E-state index < -0.39 is 80.7 Å². The number of aliphatic hydroxyl groups is 7. The minimum absolute atomic E-state index is 0.0583. The zero-order chi connectivity index (χ0) is 52.3. The molecule has 2 aliphatic rings. The van der Waals surface area contributed by atoms with Crippen molar-refractivity contribution in [2.45, 2.75) is 306 Å². The summed E-state index contributed by atoms with van der Waals surface area (Å²) in [6.07, 6.45) is 35.3. The average Bonchev–Trinajstić information content (AvgIpc) is 3.38. The number of aliphatic hydroxyl groups excluding tert-OH is 7. The van der Waals surface area contributed by atoms with Gasteiger partial charge in [0.05, 0.1) is 26.4 Å². The van der Waals surface area contributed by atoms with Crippen LogP contribution in [0.4, 0.5) is 0 Å². The normalized spacial score (nSPS) is 25.2. The summed E-state index contributed by atoms with van der Waals surface area (Å²) in [6, 6.07) is 0. The van der Waals surface area contributed by atoms with Crippen molar-refractivity contribution in [2.24, 2.45) is 0 Å². The van der Waals surface area contributed by atoms with Gasteiger partial charge in [-0.2, -0.15) is 0 Å². The van der Waals surface area contributed by atoms with Crippen molar-refractivity contribution < 1.29 is 69.0 Å². The third kappa shape index (κ3) is 32.1. The molecule has 2 heterocycles. The molecule has 424 valence electrons. The molecule has 0 bridgehead atoms. The molecule has 0 amide bonds. The van der Waals surface area contributed by atoms with Crippen molar-refractivity contribution in [3.63, 3.8) is 0 Å². The van der Waals surface area contributed by atoms with Gasteiger partial charge in [0.15, 0.2) is 12.6 Å².